The van der Waals surface area contributed by atoms with E-state index in [2.05, 4.69) is 26.1 Å². The van der Waals surface area contributed by atoms with Gasteiger partial charge in [-0.2, -0.15) is 0 Å². The molecule has 0 unspecified atom stereocenters. The predicted molar refractivity (Wildman–Crippen MR) is 61.3 cm³/mol. The number of rotatable bonds is 0. The molecule has 0 fully saturated rings. The zero-order valence-corrected chi connectivity index (χ0v) is 10.1. The molecule has 1 aliphatic heterocycles. The third kappa shape index (κ3) is 1.62. The lowest BCUT2D eigenvalue weighted by molar-refractivity contribution is 0.343. The molecule has 0 aliphatic carbocycles. The molecule has 0 atom stereocenters. The highest BCUT2D eigenvalue weighted by Crippen LogP contribution is 2.44. The molecule has 0 bridgehead atoms. The second kappa shape index (κ2) is 3.61. The summed E-state index contributed by atoms with van der Waals surface area (Å²) in [5, 5.41) is 7.75. The van der Waals surface area contributed by atoms with Crippen molar-refractivity contribution in [2.75, 3.05) is 0 Å². The van der Waals surface area contributed by atoms with Gasteiger partial charge in [-0.15, -0.1) is 10.2 Å². The van der Waals surface area contributed by atoms with Crippen LogP contribution in [0.3, 0.4) is 0 Å². The Balaban J connectivity index is 2.10. The summed E-state index contributed by atoms with van der Waals surface area (Å²) >= 11 is 9.07. The second-order valence-corrected chi connectivity index (χ2v) is 4.43. The van der Waals surface area contributed by atoms with E-state index < -0.39 is 0 Å². The largest absolute Gasteiger partial charge is 0.448 e. The van der Waals surface area contributed by atoms with E-state index in [1.54, 1.807) is 12.1 Å². The van der Waals surface area contributed by atoms with Crippen LogP contribution in [0.5, 0.6) is 23.1 Å². The van der Waals surface area contributed by atoms with Gasteiger partial charge in [-0.05, 0) is 18.2 Å². The number of aromatic nitrogens is 2. The zero-order chi connectivity index (χ0) is 11.1. The van der Waals surface area contributed by atoms with Crippen LogP contribution in [0.4, 0.5) is 0 Å². The first-order valence-corrected chi connectivity index (χ1v) is 5.58. The molecule has 1 aromatic heterocycles. The van der Waals surface area contributed by atoms with Gasteiger partial charge in [0, 0.05) is 10.5 Å². The monoisotopic (exact) mass is 298 g/mol. The van der Waals surface area contributed by atoms with Crippen LogP contribution < -0.4 is 9.47 Å². The lowest BCUT2D eigenvalue weighted by atomic mass is 10.3. The minimum absolute atomic E-state index is 0.265. The molecule has 0 N–H and O–H groups in total. The average molecular weight is 300 g/mol. The summed E-state index contributed by atoms with van der Waals surface area (Å²) in [7, 11) is 0. The van der Waals surface area contributed by atoms with Crippen molar-refractivity contribution < 1.29 is 9.47 Å². The molecular formula is C10H4BrClN2O2. The van der Waals surface area contributed by atoms with Gasteiger partial charge in [0.2, 0.25) is 0 Å². The van der Waals surface area contributed by atoms with Crippen LogP contribution in [0.1, 0.15) is 0 Å². The Morgan fingerprint density at radius 1 is 1.00 bits per heavy atom. The molecule has 0 radical (unpaired) electrons. The van der Waals surface area contributed by atoms with Crippen molar-refractivity contribution in [1.82, 2.24) is 10.2 Å². The van der Waals surface area contributed by atoms with Gasteiger partial charge in [0.05, 0.1) is 0 Å². The van der Waals surface area contributed by atoms with E-state index in [1.165, 1.54) is 0 Å². The Bertz CT molecular complexity index is 527. The van der Waals surface area contributed by atoms with Crippen LogP contribution in [0, 0.1) is 0 Å². The van der Waals surface area contributed by atoms with Crippen LogP contribution >= 0.6 is 27.5 Å². The van der Waals surface area contributed by atoms with E-state index in [4.69, 9.17) is 21.1 Å². The van der Waals surface area contributed by atoms with Gasteiger partial charge in [0.25, 0.3) is 5.88 Å². The van der Waals surface area contributed by atoms with Crippen molar-refractivity contribution in [3.63, 3.8) is 0 Å². The number of halogens is 2. The van der Waals surface area contributed by atoms with Gasteiger partial charge in [-0.1, -0.05) is 27.5 Å². The molecule has 0 saturated heterocycles. The topological polar surface area (TPSA) is 44.2 Å². The summed E-state index contributed by atoms with van der Waals surface area (Å²) in [6.45, 7) is 0. The van der Waals surface area contributed by atoms with Gasteiger partial charge >= 0.3 is 0 Å². The second-order valence-electron chi connectivity index (χ2n) is 3.13. The molecule has 1 aliphatic rings. The van der Waals surface area contributed by atoms with E-state index in [-0.39, 0.29) is 5.15 Å². The third-order valence-electron chi connectivity index (χ3n) is 2.03. The number of hydrogen-bond donors (Lipinski definition) is 0. The smallest absolute Gasteiger partial charge is 0.282 e. The first kappa shape index (κ1) is 9.86. The van der Waals surface area contributed by atoms with E-state index in [0.717, 1.165) is 4.47 Å². The number of hydrogen-bond acceptors (Lipinski definition) is 4. The van der Waals surface area contributed by atoms with Gasteiger partial charge < -0.3 is 9.47 Å². The Hall–Kier alpha value is -1.33. The highest BCUT2D eigenvalue weighted by atomic mass is 79.9. The Kier molecular flexibility index (Phi) is 2.22. The minimum atomic E-state index is 0.265. The van der Waals surface area contributed by atoms with Gasteiger partial charge in [-0.3, -0.25) is 0 Å². The first-order chi connectivity index (χ1) is 7.72. The number of fused-ring (bicyclic) bond motifs is 2. The molecule has 0 saturated carbocycles. The van der Waals surface area contributed by atoms with Crippen LogP contribution in [0.2, 0.25) is 5.15 Å². The Morgan fingerprint density at radius 3 is 2.75 bits per heavy atom. The molecule has 16 heavy (non-hydrogen) atoms. The number of ether oxygens (including phenoxy) is 2. The molecule has 80 valence electrons. The number of nitrogens with zero attached hydrogens (tertiary/aromatic N) is 2. The average Bonchev–Trinajstić information content (AvgIpc) is 2.26. The Morgan fingerprint density at radius 2 is 1.88 bits per heavy atom. The molecule has 3 rings (SSSR count). The van der Waals surface area contributed by atoms with Crippen LogP contribution in [0.15, 0.2) is 28.7 Å². The fraction of sp³-hybridized carbons (Fsp3) is 0. The van der Waals surface area contributed by atoms with E-state index in [1.807, 2.05) is 12.1 Å². The summed E-state index contributed by atoms with van der Waals surface area (Å²) in [6.07, 6.45) is 0. The van der Waals surface area contributed by atoms with Crippen molar-refractivity contribution in [3.05, 3.63) is 33.9 Å². The summed E-state index contributed by atoms with van der Waals surface area (Å²) in [5.41, 5.74) is 0. The van der Waals surface area contributed by atoms with E-state index >= 15 is 0 Å². The lowest BCUT2D eigenvalue weighted by Crippen LogP contribution is -2.01. The quantitative estimate of drug-likeness (QED) is 0.633. The number of benzene rings is 1. The summed E-state index contributed by atoms with van der Waals surface area (Å²) < 4.78 is 12.0. The van der Waals surface area contributed by atoms with Crippen LogP contribution in [0.25, 0.3) is 0 Å². The van der Waals surface area contributed by atoms with Crippen LogP contribution in [-0.2, 0) is 0 Å². The maximum absolute atomic E-state index is 5.72. The zero-order valence-electron chi connectivity index (χ0n) is 7.78. The van der Waals surface area contributed by atoms with Crippen molar-refractivity contribution >= 4 is 27.5 Å². The molecule has 4 nitrogen and oxygen atoms in total. The predicted octanol–water partition coefficient (Wildman–Crippen LogP) is 3.79. The summed E-state index contributed by atoms with van der Waals surface area (Å²) in [4.78, 5) is 0. The summed E-state index contributed by atoms with van der Waals surface area (Å²) in [6, 6.07) is 7.02. The lowest BCUT2D eigenvalue weighted by Gasteiger charge is -2.18. The fourth-order valence-electron chi connectivity index (χ4n) is 1.35. The van der Waals surface area contributed by atoms with Crippen molar-refractivity contribution in [2.45, 2.75) is 0 Å². The van der Waals surface area contributed by atoms with Gasteiger partial charge in [0.15, 0.2) is 22.4 Å². The standard InChI is InChI=1S/C10H4BrClN2O2/c11-5-1-2-6-7(3-5)15-8-4-9(12)13-14-10(8)16-6/h1-4H. The molecule has 0 spiro atoms. The molecule has 1 aromatic carbocycles. The fourth-order valence-corrected chi connectivity index (χ4v) is 1.83. The molecule has 0 amide bonds. The first-order valence-electron chi connectivity index (χ1n) is 4.41. The van der Waals surface area contributed by atoms with Gasteiger partial charge in [0.1, 0.15) is 0 Å². The van der Waals surface area contributed by atoms with Crippen molar-refractivity contribution in [2.24, 2.45) is 0 Å². The highest BCUT2D eigenvalue weighted by molar-refractivity contribution is 9.10. The maximum atomic E-state index is 5.72. The van der Waals surface area contributed by atoms with Crippen LogP contribution in [-0.4, -0.2) is 10.2 Å². The summed E-state index contributed by atoms with van der Waals surface area (Å²) in [5.74, 6) is 2.00. The maximum Gasteiger partial charge on any atom is 0.282 e. The molecular weight excluding hydrogens is 295 g/mol. The minimum Gasteiger partial charge on any atom is -0.448 e. The van der Waals surface area contributed by atoms with Gasteiger partial charge in [-0.25, -0.2) is 0 Å². The normalized spacial score (nSPS) is 12.1. The van der Waals surface area contributed by atoms with E-state index in [9.17, 15) is 0 Å². The molecule has 6 heteroatoms. The Labute approximate surface area is 104 Å². The SMILES string of the molecule is Clc1cc2c(nn1)Oc1ccc(Br)cc1O2. The highest BCUT2D eigenvalue weighted by Gasteiger charge is 2.20. The van der Waals surface area contributed by atoms with E-state index in [0.29, 0.717) is 23.1 Å². The molecule has 2 aromatic rings. The molecule has 2 heterocycles. The van der Waals surface area contributed by atoms with Crippen molar-refractivity contribution in [1.29, 1.82) is 0 Å². The van der Waals surface area contributed by atoms with Crippen molar-refractivity contribution in [3.8, 4) is 23.1 Å². The third-order valence-corrected chi connectivity index (χ3v) is 2.71.